The Balaban J connectivity index is 2.09. The molecule has 0 saturated carbocycles. The summed E-state index contributed by atoms with van der Waals surface area (Å²) in [5, 5.41) is 7.97. The van der Waals surface area contributed by atoms with E-state index in [2.05, 4.69) is 10.4 Å². The number of aromatic nitrogens is 2. The van der Waals surface area contributed by atoms with Crippen molar-refractivity contribution in [2.45, 2.75) is 20.4 Å². The van der Waals surface area contributed by atoms with Gasteiger partial charge in [-0.25, -0.2) is 0 Å². The predicted octanol–water partition coefficient (Wildman–Crippen LogP) is 3.45. The molecule has 0 aliphatic heterocycles. The van der Waals surface area contributed by atoms with Gasteiger partial charge in [0.2, 0.25) is 5.91 Å². The molecule has 1 amide bonds. The Morgan fingerprint density at radius 3 is 2.74 bits per heavy atom. The summed E-state index contributed by atoms with van der Waals surface area (Å²) >= 11 is 11.8. The zero-order chi connectivity index (χ0) is 14.0. The zero-order valence-electron chi connectivity index (χ0n) is 10.6. The van der Waals surface area contributed by atoms with Gasteiger partial charge in [-0.05, 0) is 31.5 Å². The van der Waals surface area contributed by atoms with Crippen LogP contribution in [-0.4, -0.2) is 15.7 Å². The van der Waals surface area contributed by atoms with E-state index in [1.807, 2.05) is 19.9 Å². The van der Waals surface area contributed by atoms with Crippen LogP contribution in [0.1, 0.15) is 11.3 Å². The molecule has 0 aliphatic carbocycles. The fourth-order valence-electron chi connectivity index (χ4n) is 1.64. The smallest absolute Gasteiger partial charge is 0.246 e. The highest BCUT2D eigenvalue weighted by molar-refractivity contribution is 6.31. The topological polar surface area (TPSA) is 46.9 Å². The molecule has 1 aromatic heterocycles. The largest absolute Gasteiger partial charge is 0.324 e. The Hall–Kier alpha value is -1.52. The summed E-state index contributed by atoms with van der Waals surface area (Å²) in [4.78, 5) is 11.9. The molecule has 1 aromatic carbocycles. The lowest BCUT2D eigenvalue weighted by Gasteiger charge is -2.09. The number of carbonyl (C=O) groups is 1. The van der Waals surface area contributed by atoms with Crippen LogP contribution in [0.15, 0.2) is 24.4 Å². The van der Waals surface area contributed by atoms with Gasteiger partial charge in [-0.1, -0.05) is 29.3 Å². The number of nitrogens with zero attached hydrogens (tertiary/aromatic N) is 2. The summed E-state index contributed by atoms with van der Waals surface area (Å²) in [6, 6.07) is 5.36. The van der Waals surface area contributed by atoms with Crippen LogP contribution in [0.25, 0.3) is 0 Å². The number of benzene rings is 1. The van der Waals surface area contributed by atoms with Crippen molar-refractivity contribution in [3.05, 3.63) is 45.7 Å². The molecule has 19 heavy (non-hydrogen) atoms. The van der Waals surface area contributed by atoms with E-state index >= 15 is 0 Å². The Labute approximate surface area is 121 Å². The maximum Gasteiger partial charge on any atom is 0.246 e. The van der Waals surface area contributed by atoms with Crippen LogP contribution in [-0.2, 0) is 11.3 Å². The van der Waals surface area contributed by atoms with E-state index in [9.17, 15) is 4.79 Å². The summed E-state index contributed by atoms with van der Waals surface area (Å²) in [5.74, 6) is -0.173. The van der Waals surface area contributed by atoms with Crippen LogP contribution in [0, 0.1) is 13.8 Å². The van der Waals surface area contributed by atoms with Gasteiger partial charge in [-0.2, -0.15) is 5.10 Å². The van der Waals surface area contributed by atoms with Crippen LogP contribution in [0.2, 0.25) is 10.0 Å². The van der Waals surface area contributed by atoms with Crippen molar-refractivity contribution in [3.8, 4) is 0 Å². The first-order chi connectivity index (χ1) is 8.97. The van der Waals surface area contributed by atoms with Crippen LogP contribution in [0.5, 0.6) is 0 Å². The Bertz CT molecular complexity index is 622. The van der Waals surface area contributed by atoms with Gasteiger partial charge in [0.25, 0.3) is 0 Å². The molecular weight excluding hydrogens is 285 g/mol. The average molecular weight is 298 g/mol. The highest BCUT2D eigenvalue weighted by Gasteiger charge is 2.10. The molecule has 0 fully saturated rings. The van der Waals surface area contributed by atoms with Crippen LogP contribution < -0.4 is 5.32 Å². The molecule has 6 heteroatoms. The monoisotopic (exact) mass is 297 g/mol. The Morgan fingerprint density at radius 1 is 1.37 bits per heavy atom. The van der Waals surface area contributed by atoms with Gasteiger partial charge in [0, 0.05) is 10.7 Å². The van der Waals surface area contributed by atoms with Crippen molar-refractivity contribution in [2.24, 2.45) is 0 Å². The molecule has 2 rings (SSSR count). The van der Waals surface area contributed by atoms with Crippen molar-refractivity contribution in [1.29, 1.82) is 0 Å². The number of halogens is 2. The van der Waals surface area contributed by atoms with Gasteiger partial charge in [-0.3, -0.25) is 9.48 Å². The first kappa shape index (κ1) is 13.9. The second-order valence-corrected chi connectivity index (χ2v) is 5.09. The molecule has 100 valence electrons. The van der Waals surface area contributed by atoms with Crippen molar-refractivity contribution < 1.29 is 4.79 Å². The van der Waals surface area contributed by atoms with E-state index in [0.717, 1.165) is 11.3 Å². The maximum absolute atomic E-state index is 11.9. The summed E-state index contributed by atoms with van der Waals surface area (Å²) in [5.41, 5.74) is 2.42. The van der Waals surface area contributed by atoms with Crippen molar-refractivity contribution >= 4 is 34.8 Å². The normalized spacial score (nSPS) is 10.5. The first-order valence-electron chi connectivity index (χ1n) is 5.71. The van der Waals surface area contributed by atoms with E-state index in [0.29, 0.717) is 15.7 Å². The second kappa shape index (κ2) is 5.63. The summed E-state index contributed by atoms with van der Waals surface area (Å²) in [7, 11) is 0. The number of carbonyl (C=O) groups excluding carboxylic acids is 1. The van der Waals surface area contributed by atoms with E-state index in [-0.39, 0.29) is 12.5 Å². The molecule has 2 aromatic rings. The van der Waals surface area contributed by atoms with Crippen LogP contribution in [0.3, 0.4) is 0 Å². The minimum atomic E-state index is -0.173. The second-order valence-electron chi connectivity index (χ2n) is 4.24. The van der Waals surface area contributed by atoms with Gasteiger partial charge in [-0.15, -0.1) is 0 Å². The van der Waals surface area contributed by atoms with E-state index in [4.69, 9.17) is 23.2 Å². The molecular formula is C13H13Cl2N3O. The number of anilines is 1. The number of aryl methyl sites for hydroxylation is 1. The van der Waals surface area contributed by atoms with Gasteiger partial charge >= 0.3 is 0 Å². The average Bonchev–Trinajstić information content (AvgIpc) is 2.66. The van der Waals surface area contributed by atoms with Crippen LogP contribution >= 0.6 is 23.2 Å². The first-order valence-corrected chi connectivity index (χ1v) is 6.47. The third-order valence-corrected chi connectivity index (χ3v) is 3.42. The molecule has 1 N–H and O–H groups in total. The van der Waals surface area contributed by atoms with Crippen LogP contribution in [0.4, 0.5) is 5.69 Å². The highest BCUT2D eigenvalue weighted by Crippen LogP contribution is 2.20. The van der Waals surface area contributed by atoms with Gasteiger partial charge < -0.3 is 5.32 Å². The molecule has 0 atom stereocenters. The fraction of sp³-hybridized carbons (Fsp3) is 0.231. The zero-order valence-corrected chi connectivity index (χ0v) is 12.1. The number of nitrogens with one attached hydrogen (secondary N) is 1. The summed E-state index contributed by atoms with van der Waals surface area (Å²) in [6.07, 6.45) is 1.52. The summed E-state index contributed by atoms with van der Waals surface area (Å²) in [6.45, 7) is 3.83. The number of hydrogen-bond acceptors (Lipinski definition) is 2. The quantitative estimate of drug-likeness (QED) is 0.943. The predicted molar refractivity (Wildman–Crippen MR) is 76.8 cm³/mol. The number of amides is 1. The third kappa shape index (κ3) is 3.28. The fourth-order valence-corrected chi connectivity index (χ4v) is 1.95. The van der Waals surface area contributed by atoms with Crippen molar-refractivity contribution in [3.63, 3.8) is 0 Å². The number of hydrogen-bond donors (Lipinski definition) is 1. The number of rotatable bonds is 3. The maximum atomic E-state index is 11.9. The molecule has 0 bridgehead atoms. The van der Waals surface area contributed by atoms with Crippen molar-refractivity contribution in [1.82, 2.24) is 9.78 Å². The SMILES string of the molecule is Cc1ccc(Cl)cc1NC(=O)Cn1ncc(Cl)c1C. The van der Waals surface area contributed by atoms with Crippen molar-refractivity contribution in [2.75, 3.05) is 5.32 Å². The summed E-state index contributed by atoms with van der Waals surface area (Å²) < 4.78 is 1.55. The lowest BCUT2D eigenvalue weighted by atomic mass is 10.2. The van der Waals surface area contributed by atoms with E-state index in [1.54, 1.807) is 16.8 Å². The standard InChI is InChI=1S/C13H13Cl2N3O/c1-8-3-4-10(14)5-12(8)17-13(19)7-18-9(2)11(15)6-16-18/h3-6H,7H2,1-2H3,(H,17,19). The third-order valence-electron chi connectivity index (χ3n) is 2.81. The lowest BCUT2D eigenvalue weighted by molar-refractivity contribution is -0.116. The molecule has 4 nitrogen and oxygen atoms in total. The molecule has 0 saturated heterocycles. The Morgan fingerprint density at radius 2 is 2.11 bits per heavy atom. The van der Waals surface area contributed by atoms with Gasteiger partial charge in [0.05, 0.1) is 16.9 Å². The highest BCUT2D eigenvalue weighted by atomic mass is 35.5. The molecule has 0 unspecified atom stereocenters. The Kier molecular flexibility index (Phi) is 4.12. The molecule has 1 heterocycles. The minimum absolute atomic E-state index is 0.116. The van der Waals surface area contributed by atoms with Gasteiger partial charge in [0.15, 0.2) is 0 Å². The molecule has 0 radical (unpaired) electrons. The van der Waals surface area contributed by atoms with E-state index < -0.39 is 0 Å². The molecule has 0 spiro atoms. The van der Waals surface area contributed by atoms with E-state index in [1.165, 1.54) is 6.20 Å². The van der Waals surface area contributed by atoms with Gasteiger partial charge in [0.1, 0.15) is 6.54 Å². The lowest BCUT2D eigenvalue weighted by Crippen LogP contribution is -2.20. The minimum Gasteiger partial charge on any atom is -0.324 e. The molecule has 0 aliphatic rings.